The fourth-order valence-electron chi connectivity index (χ4n) is 3.66. The second-order valence-corrected chi connectivity index (χ2v) is 7.28. The summed E-state index contributed by atoms with van der Waals surface area (Å²) in [4.78, 5) is 26.4. The Morgan fingerprint density at radius 1 is 1.26 bits per heavy atom. The molecule has 1 aliphatic heterocycles. The Morgan fingerprint density at radius 3 is 2.43 bits per heavy atom. The summed E-state index contributed by atoms with van der Waals surface area (Å²) in [6.45, 7) is 7.58. The summed E-state index contributed by atoms with van der Waals surface area (Å²) < 4.78 is 0. The molecule has 1 aromatic carbocycles. The van der Waals surface area contributed by atoms with Crippen LogP contribution in [0.2, 0.25) is 0 Å². The van der Waals surface area contributed by atoms with Crippen LogP contribution in [0.1, 0.15) is 49.3 Å². The summed E-state index contributed by atoms with van der Waals surface area (Å²) in [5.74, 6) is 0.322. The zero-order chi connectivity index (χ0) is 16.6. The molecule has 2 aliphatic rings. The third-order valence-electron chi connectivity index (χ3n) is 5.00. The van der Waals surface area contributed by atoms with Crippen molar-refractivity contribution in [1.29, 1.82) is 0 Å². The summed E-state index contributed by atoms with van der Waals surface area (Å²) >= 11 is 0. The molecule has 124 valence electrons. The van der Waals surface area contributed by atoms with E-state index in [-0.39, 0.29) is 23.3 Å². The number of benzene rings is 1. The molecule has 3 rings (SSSR count). The Hall–Kier alpha value is -1.84. The standard InChI is InChI=1S/C19H26N2O2/c1-13-9-14(2)11-16(10-13)19(6-7-19)18(23)20-15(3)12-21-8-4-5-17(21)22/h9-11,15H,4-8,12H2,1-3H3,(H,20,23). The van der Waals surface area contributed by atoms with Gasteiger partial charge >= 0.3 is 0 Å². The van der Waals surface area contributed by atoms with Gasteiger partial charge in [-0.1, -0.05) is 29.3 Å². The highest BCUT2D eigenvalue weighted by Crippen LogP contribution is 2.48. The van der Waals surface area contributed by atoms with Gasteiger partial charge in [-0.25, -0.2) is 0 Å². The maximum atomic E-state index is 12.8. The zero-order valence-corrected chi connectivity index (χ0v) is 14.3. The summed E-state index contributed by atoms with van der Waals surface area (Å²) in [5.41, 5.74) is 3.20. The van der Waals surface area contributed by atoms with Crippen molar-refractivity contribution in [3.05, 3.63) is 34.9 Å². The molecule has 1 aromatic rings. The van der Waals surface area contributed by atoms with E-state index in [9.17, 15) is 9.59 Å². The number of rotatable bonds is 5. The minimum Gasteiger partial charge on any atom is -0.351 e. The van der Waals surface area contributed by atoms with Crippen molar-refractivity contribution < 1.29 is 9.59 Å². The van der Waals surface area contributed by atoms with Crippen molar-refractivity contribution in [2.45, 2.75) is 57.9 Å². The van der Waals surface area contributed by atoms with Crippen LogP contribution in [0.4, 0.5) is 0 Å². The van der Waals surface area contributed by atoms with Crippen LogP contribution in [-0.4, -0.2) is 35.8 Å². The van der Waals surface area contributed by atoms with Gasteiger partial charge in [-0.05, 0) is 45.6 Å². The lowest BCUT2D eigenvalue weighted by atomic mass is 9.91. The molecule has 1 aliphatic carbocycles. The lowest BCUT2D eigenvalue weighted by molar-refractivity contribution is -0.129. The molecule has 1 heterocycles. The van der Waals surface area contributed by atoms with Crippen LogP contribution in [0.25, 0.3) is 0 Å². The van der Waals surface area contributed by atoms with Gasteiger partial charge in [0.25, 0.3) is 0 Å². The smallest absolute Gasteiger partial charge is 0.230 e. The molecule has 0 spiro atoms. The van der Waals surface area contributed by atoms with Gasteiger partial charge in [0, 0.05) is 25.6 Å². The van der Waals surface area contributed by atoms with E-state index in [1.54, 1.807) is 0 Å². The number of hydrogen-bond acceptors (Lipinski definition) is 2. The van der Waals surface area contributed by atoms with Gasteiger partial charge < -0.3 is 10.2 Å². The van der Waals surface area contributed by atoms with Crippen LogP contribution in [0.15, 0.2) is 18.2 Å². The Balaban J connectivity index is 1.66. The molecule has 1 saturated heterocycles. The Morgan fingerprint density at radius 2 is 1.91 bits per heavy atom. The molecule has 2 fully saturated rings. The Labute approximate surface area is 138 Å². The molecule has 0 aromatic heterocycles. The number of carbonyl (C=O) groups is 2. The first kappa shape index (κ1) is 16.0. The predicted octanol–water partition coefficient (Wildman–Crippen LogP) is 2.46. The topological polar surface area (TPSA) is 49.4 Å². The van der Waals surface area contributed by atoms with E-state index < -0.39 is 0 Å². The second-order valence-electron chi connectivity index (χ2n) is 7.28. The minimum absolute atomic E-state index is 0.00655. The summed E-state index contributed by atoms with van der Waals surface area (Å²) in [6, 6.07) is 6.40. The summed E-state index contributed by atoms with van der Waals surface area (Å²) in [6.07, 6.45) is 3.41. The van der Waals surface area contributed by atoms with Crippen molar-refractivity contribution in [3.63, 3.8) is 0 Å². The maximum Gasteiger partial charge on any atom is 0.230 e. The number of aryl methyl sites for hydroxylation is 2. The molecular formula is C19H26N2O2. The largest absolute Gasteiger partial charge is 0.351 e. The van der Waals surface area contributed by atoms with Crippen molar-refractivity contribution in [2.24, 2.45) is 0 Å². The monoisotopic (exact) mass is 314 g/mol. The molecule has 4 nitrogen and oxygen atoms in total. The van der Waals surface area contributed by atoms with Crippen molar-refractivity contribution in [1.82, 2.24) is 10.2 Å². The van der Waals surface area contributed by atoms with Gasteiger partial charge in [0.1, 0.15) is 0 Å². The third-order valence-corrected chi connectivity index (χ3v) is 5.00. The maximum absolute atomic E-state index is 12.8. The normalized spacial score (nSPS) is 20.5. The van der Waals surface area contributed by atoms with Crippen LogP contribution < -0.4 is 5.32 Å². The van der Waals surface area contributed by atoms with Crippen molar-refractivity contribution in [2.75, 3.05) is 13.1 Å². The van der Waals surface area contributed by atoms with Crippen molar-refractivity contribution >= 4 is 11.8 Å². The molecule has 1 unspecified atom stereocenters. The number of hydrogen-bond donors (Lipinski definition) is 1. The van der Waals surface area contributed by atoms with Crippen LogP contribution in [-0.2, 0) is 15.0 Å². The van der Waals surface area contributed by atoms with Gasteiger partial charge in [0.2, 0.25) is 11.8 Å². The number of amides is 2. The first-order valence-electron chi connectivity index (χ1n) is 8.58. The number of nitrogens with one attached hydrogen (secondary N) is 1. The van der Waals surface area contributed by atoms with Crippen LogP contribution in [0.5, 0.6) is 0 Å². The van der Waals surface area contributed by atoms with Crippen LogP contribution in [0, 0.1) is 13.8 Å². The fourth-order valence-corrected chi connectivity index (χ4v) is 3.66. The van der Waals surface area contributed by atoms with E-state index in [2.05, 4.69) is 37.4 Å². The second kappa shape index (κ2) is 5.99. The van der Waals surface area contributed by atoms with Gasteiger partial charge in [-0.3, -0.25) is 9.59 Å². The first-order chi connectivity index (χ1) is 10.9. The third kappa shape index (κ3) is 3.26. The quantitative estimate of drug-likeness (QED) is 0.907. The minimum atomic E-state index is -0.347. The molecule has 23 heavy (non-hydrogen) atoms. The average molecular weight is 314 g/mol. The van der Waals surface area contributed by atoms with E-state index in [4.69, 9.17) is 0 Å². The number of nitrogens with zero attached hydrogens (tertiary/aromatic N) is 1. The lowest BCUT2D eigenvalue weighted by Gasteiger charge is -2.24. The van der Waals surface area contributed by atoms with E-state index in [0.717, 1.165) is 31.4 Å². The molecule has 1 N–H and O–H groups in total. The summed E-state index contributed by atoms with van der Waals surface area (Å²) in [7, 11) is 0. The van der Waals surface area contributed by atoms with E-state index in [1.165, 1.54) is 11.1 Å². The molecule has 0 radical (unpaired) electrons. The van der Waals surface area contributed by atoms with Gasteiger partial charge in [0.15, 0.2) is 0 Å². The van der Waals surface area contributed by atoms with E-state index in [1.807, 2.05) is 11.8 Å². The SMILES string of the molecule is Cc1cc(C)cc(C2(C(=O)NC(C)CN3CCCC3=O)CC2)c1. The van der Waals surface area contributed by atoms with E-state index >= 15 is 0 Å². The summed E-state index contributed by atoms with van der Waals surface area (Å²) in [5, 5.41) is 3.13. The Bertz CT molecular complexity index is 614. The van der Waals surface area contributed by atoms with Crippen LogP contribution in [0.3, 0.4) is 0 Å². The fraction of sp³-hybridized carbons (Fsp3) is 0.579. The molecule has 2 amide bonds. The average Bonchev–Trinajstić information content (AvgIpc) is 3.18. The zero-order valence-electron chi connectivity index (χ0n) is 14.3. The first-order valence-corrected chi connectivity index (χ1v) is 8.58. The highest BCUT2D eigenvalue weighted by atomic mass is 16.2. The number of likely N-dealkylation sites (tertiary alicyclic amines) is 1. The molecule has 4 heteroatoms. The number of carbonyl (C=O) groups excluding carboxylic acids is 2. The highest BCUT2D eigenvalue weighted by molar-refractivity contribution is 5.91. The van der Waals surface area contributed by atoms with E-state index in [0.29, 0.717) is 13.0 Å². The van der Waals surface area contributed by atoms with Gasteiger partial charge in [-0.2, -0.15) is 0 Å². The predicted molar refractivity (Wildman–Crippen MR) is 90.2 cm³/mol. The molecular weight excluding hydrogens is 288 g/mol. The molecule has 1 saturated carbocycles. The lowest BCUT2D eigenvalue weighted by Crippen LogP contribution is -2.46. The van der Waals surface area contributed by atoms with Gasteiger partial charge in [-0.15, -0.1) is 0 Å². The van der Waals surface area contributed by atoms with Crippen LogP contribution >= 0.6 is 0 Å². The Kier molecular flexibility index (Phi) is 4.17. The molecule has 1 atom stereocenters. The van der Waals surface area contributed by atoms with Gasteiger partial charge in [0.05, 0.1) is 5.41 Å². The van der Waals surface area contributed by atoms with Crippen molar-refractivity contribution in [3.8, 4) is 0 Å². The highest BCUT2D eigenvalue weighted by Gasteiger charge is 2.51. The molecule has 0 bridgehead atoms.